The molecule has 2 saturated heterocycles. The summed E-state index contributed by atoms with van der Waals surface area (Å²) in [6, 6.07) is 1.72. The molecule has 244 valence electrons. The third-order valence-corrected chi connectivity index (χ3v) is 10.6. The molecule has 4 aromatic rings. The van der Waals surface area contributed by atoms with Crippen LogP contribution >= 0.6 is 25.8 Å². The van der Waals surface area contributed by atoms with E-state index in [4.69, 9.17) is 50.8 Å². The number of rotatable bonds is 11. The lowest BCUT2D eigenvalue weighted by Gasteiger charge is -2.25. The van der Waals surface area contributed by atoms with Crippen molar-refractivity contribution in [2.45, 2.75) is 49.7 Å². The Bertz CT molecular complexity index is 1870. The maximum atomic E-state index is 12.3. The Kier molecular flexibility index (Phi) is 9.07. The van der Waals surface area contributed by atoms with Crippen molar-refractivity contribution in [3.63, 3.8) is 0 Å². The molecule has 19 nitrogen and oxygen atoms in total. The Balaban J connectivity index is 1.16. The zero-order valence-electron chi connectivity index (χ0n) is 23.4. The van der Waals surface area contributed by atoms with E-state index < -0.39 is 55.9 Å². The average molecular weight is 706 g/mol. The van der Waals surface area contributed by atoms with Crippen LogP contribution in [-0.2, 0) is 43.9 Å². The molecule has 2 aliphatic rings. The van der Waals surface area contributed by atoms with Gasteiger partial charge in [0.25, 0.3) is 5.56 Å². The first-order valence-electron chi connectivity index (χ1n) is 13.3. The number of hydrogen-bond donors (Lipinski definition) is 6. The van der Waals surface area contributed by atoms with Gasteiger partial charge in [0.2, 0.25) is 5.95 Å². The van der Waals surface area contributed by atoms with Gasteiger partial charge in [-0.25, -0.2) is 19.5 Å². The normalized spacial score (nSPS) is 28.1. The largest absolute Gasteiger partial charge is 0.388 e. The lowest BCUT2D eigenvalue weighted by molar-refractivity contribution is -0.0539. The molecule has 2 fully saturated rings. The Morgan fingerprint density at radius 2 is 1.87 bits per heavy atom. The number of hydrogen-bond acceptors (Lipinski definition) is 16. The van der Waals surface area contributed by atoms with Crippen LogP contribution in [0.25, 0.3) is 22.2 Å². The molecule has 23 heteroatoms. The summed E-state index contributed by atoms with van der Waals surface area (Å²) in [5.41, 5.74) is 11.7. The first-order chi connectivity index (χ1) is 21.3. The number of nitrogens with one attached hydrogen (secondary N) is 1. The molecule has 6 heterocycles. The van der Waals surface area contributed by atoms with E-state index >= 15 is 0 Å². The average Bonchev–Trinajstić information content (AvgIpc) is 3.76. The summed E-state index contributed by atoms with van der Waals surface area (Å²) in [7, 11) is 1.18. The minimum atomic E-state index is -3.98. The first kappa shape index (κ1) is 32.4. The van der Waals surface area contributed by atoms with E-state index in [0.717, 1.165) is 0 Å². The van der Waals surface area contributed by atoms with Crippen molar-refractivity contribution in [3.05, 3.63) is 35.3 Å². The molecule has 0 aromatic carbocycles. The standard InChI is InChI=1S/C22H29N9O10P2S2/c1-36-42(34,44)37-7-11-5-14(21(40-11)31-9-27-15-18(31)28-22(24)29-19(15)33)41-43(35,45)38-6-10-4-13(32)20(39-10)30-3-2-12-16(23)25-8-26-17(12)30/h2-3,8-11,13-14,20-21,32H,4-7H2,1H3,(H,34,44)(H,35,45)(H2,23,25,26)(H3,24,28,29,33)/t10-,11?,13+,14+,20+,21+,42?,43?/m0/s1. The molecule has 0 bridgehead atoms. The van der Waals surface area contributed by atoms with Gasteiger partial charge >= 0.3 is 13.5 Å². The molecule has 0 spiro atoms. The molecule has 0 aliphatic carbocycles. The molecule has 0 radical (unpaired) electrons. The van der Waals surface area contributed by atoms with Crippen molar-refractivity contribution in [2.75, 3.05) is 31.8 Å². The van der Waals surface area contributed by atoms with Crippen LogP contribution < -0.4 is 17.0 Å². The zero-order valence-corrected chi connectivity index (χ0v) is 26.8. The number of ether oxygens (including phenoxy) is 2. The number of nitrogens with two attached hydrogens (primary N) is 2. The third-order valence-electron chi connectivity index (χ3n) is 7.20. The Morgan fingerprint density at radius 3 is 2.64 bits per heavy atom. The third kappa shape index (κ3) is 6.80. The van der Waals surface area contributed by atoms with Crippen molar-refractivity contribution < 1.29 is 42.1 Å². The van der Waals surface area contributed by atoms with Gasteiger partial charge in [0, 0.05) is 26.1 Å². The number of aliphatic hydroxyl groups excluding tert-OH is 1. The van der Waals surface area contributed by atoms with Crippen molar-refractivity contribution >= 4 is 71.5 Å². The van der Waals surface area contributed by atoms with Gasteiger partial charge in [-0.15, -0.1) is 0 Å². The molecule has 0 saturated carbocycles. The number of fused-ring (bicyclic) bond motifs is 2. The SMILES string of the molecule is COP(=O)(S)OCC1C[C@@H](OP(O)(=S)OC[C@@H]2C[C@@H](O)[C@H](n3ccc4c(N)ncnc43)O2)[C@H](n2cnc3c(=O)[nH]c(N)nc32)O1. The minimum absolute atomic E-state index is 0.0127. The number of anilines is 2. The Morgan fingerprint density at radius 1 is 1.13 bits per heavy atom. The Hall–Kier alpha value is -2.52. The van der Waals surface area contributed by atoms with Crippen LogP contribution in [0, 0.1) is 0 Å². The second-order valence-electron chi connectivity index (χ2n) is 10.2. The number of aliphatic hydroxyl groups is 1. The molecule has 4 aromatic heterocycles. The van der Waals surface area contributed by atoms with Crippen LogP contribution in [0.15, 0.2) is 29.7 Å². The van der Waals surface area contributed by atoms with E-state index in [2.05, 4.69) is 37.2 Å². The van der Waals surface area contributed by atoms with Gasteiger partial charge < -0.3 is 49.1 Å². The number of H-pyrrole nitrogens is 1. The van der Waals surface area contributed by atoms with Crippen molar-refractivity contribution in [3.8, 4) is 0 Å². The van der Waals surface area contributed by atoms with Crippen LogP contribution in [0.4, 0.5) is 11.8 Å². The number of imidazole rings is 1. The van der Waals surface area contributed by atoms with Crippen molar-refractivity contribution in [2.24, 2.45) is 0 Å². The summed E-state index contributed by atoms with van der Waals surface area (Å²) >= 11 is 9.18. The molecular weight excluding hydrogens is 676 g/mol. The van der Waals surface area contributed by atoms with Crippen LogP contribution in [0.3, 0.4) is 0 Å². The summed E-state index contributed by atoms with van der Waals surface area (Å²) in [4.78, 5) is 42.2. The lowest BCUT2D eigenvalue weighted by Crippen LogP contribution is -2.23. The minimum Gasteiger partial charge on any atom is -0.388 e. The Labute approximate surface area is 264 Å². The summed E-state index contributed by atoms with van der Waals surface area (Å²) < 4.78 is 48.9. The number of thiol groups is 1. The summed E-state index contributed by atoms with van der Waals surface area (Å²) in [6.07, 6.45) is -0.606. The molecule has 0 amide bonds. The van der Waals surface area contributed by atoms with Crippen LogP contribution in [-0.4, -0.2) is 88.8 Å². The smallest absolute Gasteiger partial charge is 0.385 e. The maximum absolute atomic E-state index is 12.3. The molecular formula is C22H29N9O10P2S2. The second kappa shape index (κ2) is 12.6. The summed E-state index contributed by atoms with van der Waals surface area (Å²) in [5, 5.41) is 11.4. The highest BCUT2D eigenvalue weighted by Gasteiger charge is 2.43. The fourth-order valence-electron chi connectivity index (χ4n) is 5.18. The van der Waals surface area contributed by atoms with E-state index in [1.165, 1.54) is 24.3 Å². The van der Waals surface area contributed by atoms with E-state index in [1.54, 1.807) is 16.8 Å². The van der Waals surface area contributed by atoms with E-state index in [0.29, 0.717) is 16.9 Å². The van der Waals surface area contributed by atoms with Gasteiger partial charge in [0.15, 0.2) is 23.6 Å². The van der Waals surface area contributed by atoms with Crippen molar-refractivity contribution in [1.29, 1.82) is 0 Å². The fraction of sp³-hybridized carbons (Fsp3) is 0.500. The number of nitrogens with zero attached hydrogens (tertiary/aromatic N) is 6. The number of aromatic amines is 1. The van der Waals surface area contributed by atoms with E-state index in [9.17, 15) is 19.4 Å². The van der Waals surface area contributed by atoms with Crippen molar-refractivity contribution in [1.82, 2.24) is 34.1 Å². The molecule has 45 heavy (non-hydrogen) atoms. The highest BCUT2D eigenvalue weighted by molar-refractivity contribution is 8.44. The monoisotopic (exact) mass is 705 g/mol. The molecule has 7 N–H and O–H groups in total. The topological polar surface area (TPSA) is 259 Å². The van der Waals surface area contributed by atoms with E-state index in [-0.39, 0.29) is 43.2 Å². The number of nitrogen functional groups attached to an aromatic ring is 2. The van der Waals surface area contributed by atoms with Gasteiger partial charge in [-0.2, -0.15) is 4.98 Å². The summed E-state index contributed by atoms with van der Waals surface area (Å²) in [5.74, 6) is 0.137. The predicted molar refractivity (Wildman–Crippen MR) is 164 cm³/mol. The summed E-state index contributed by atoms with van der Waals surface area (Å²) in [6.45, 7) is -8.05. The number of aromatic nitrogens is 7. The molecule has 8 atom stereocenters. The molecule has 6 rings (SSSR count). The highest BCUT2D eigenvalue weighted by Crippen LogP contribution is 2.54. The quantitative estimate of drug-likeness (QED) is 0.0939. The van der Waals surface area contributed by atoms with Crippen LogP contribution in [0.5, 0.6) is 0 Å². The predicted octanol–water partition coefficient (Wildman–Crippen LogP) is 0.984. The van der Waals surface area contributed by atoms with Gasteiger partial charge in [-0.3, -0.25) is 18.9 Å². The van der Waals surface area contributed by atoms with E-state index in [1.807, 2.05) is 0 Å². The molecule has 2 aliphatic heterocycles. The second-order valence-corrected chi connectivity index (χ2v) is 16.0. The van der Waals surface area contributed by atoms with Gasteiger partial charge in [0.05, 0.1) is 37.1 Å². The van der Waals surface area contributed by atoms with Crippen LogP contribution in [0.1, 0.15) is 25.3 Å². The fourth-order valence-corrected chi connectivity index (χ4v) is 7.31. The zero-order chi connectivity index (χ0) is 32.1. The first-order valence-corrected chi connectivity index (χ1v) is 18.6. The lowest BCUT2D eigenvalue weighted by atomic mass is 10.2. The van der Waals surface area contributed by atoms with Crippen LogP contribution in [0.2, 0.25) is 0 Å². The molecule has 3 unspecified atom stereocenters. The van der Waals surface area contributed by atoms with Gasteiger partial charge in [0.1, 0.15) is 30.0 Å². The van der Waals surface area contributed by atoms with Gasteiger partial charge in [-0.05, 0) is 17.9 Å². The highest BCUT2D eigenvalue weighted by atomic mass is 32.7. The van der Waals surface area contributed by atoms with Gasteiger partial charge in [-0.1, -0.05) is 12.2 Å². The maximum Gasteiger partial charge on any atom is 0.385 e.